The molecule has 1 heterocycles. The molecule has 0 amide bonds. The second kappa shape index (κ2) is 6.51. The van der Waals surface area contributed by atoms with Crippen LogP contribution in [0.3, 0.4) is 0 Å². The average molecular weight is 255 g/mol. The van der Waals surface area contributed by atoms with Crippen LogP contribution in [-0.2, 0) is 6.54 Å². The van der Waals surface area contributed by atoms with Crippen LogP contribution in [0.4, 0.5) is 0 Å². The summed E-state index contributed by atoms with van der Waals surface area (Å²) in [5, 5.41) is 15.6. The van der Waals surface area contributed by atoms with E-state index >= 15 is 0 Å². The van der Waals surface area contributed by atoms with Gasteiger partial charge in [0.1, 0.15) is 0 Å². The van der Waals surface area contributed by atoms with E-state index in [4.69, 9.17) is 9.63 Å². The van der Waals surface area contributed by atoms with Gasteiger partial charge in [0.05, 0.1) is 6.54 Å². The Kier molecular flexibility index (Phi) is 5.30. The monoisotopic (exact) mass is 255 g/mol. The van der Waals surface area contributed by atoms with Crippen molar-refractivity contribution in [3.8, 4) is 0 Å². The van der Waals surface area contributed by atoms with Crippen molar-refractivity contribution in [2.75, 3.05) is 20.6 Å². The minimum Gasteiger partial charge on any atom is -0.476 e. The summed E-state index contributed by atoms with van der Waals surface area (Å²) in [5.74, 6) is -0.0511. The maximum atomic E-state index is 10.7. The van der Waals surface area contributed by atoms with Crippen molar-refractivity contribution >= 4 is 5.97 Å². The predicted molar refractivity (Wildman–Crippen MR) is 67.5 cm³/mol. The van der Waals surface area contributed by atoms with E-state index in [2.05, 4.69) is 29.2 Å². The van der Waals surface area contributed by atoms with Crippen LogP contribution >= 0.6 is 0 Å². The predicted octanol–water partition coefficient (Wildman–Crippen LogP) is 1.05. The van der Waals surface area contributed by atoms with Gasteiger partial charge in [-0.25, -0.2) is 4.79 Å². The first-order valence-corrected chi connectivity index (χ1v) is 5.97. The van der Waals surface area contributed by atoms with E-state index in [1.807, 2.05) is 14.1 Å². The molecule has 1 unspecified atom stereocenters. The van der Waals surface area contributed by atoms with Gasteiger partial charge in [-0.1, -0.05) is 19.0 Å². The van der Waals surface area contributed by atoms with Crippen molar-refractivity contribution in [2.45, 2.75) is 26.4 Å². The smallest absolute Gasteiger partial charge is 0.358 e. The Morgan fingerprint density at radius 1 is 1.56 bits per heavy atom. The highest BCUT2D eigenvalue weighted by molar-refractivity contribution is 5.85. The maximum Gasteiger partial charge on any atom is 0.358 e. The molecule has 0 aliphatic rings. The first kappa shape index (κ1) is 14.7. The van der Waals surface area contributed by atoms with Crippen LogP contribution in [0.5, 0.6) is 0 Å². The number of nitrogens with zero attached hydrogens (tertiary/aromatic N) is 2. The van der Waals surface area contributed by atoms with Crippen molar-refractivity contribution in [3.05, 3.63) is 17.5 Å². The van der Waals surface area contributed by atoms with Crippen LogP contribution in [0.25, 0.3) is 0 Å². The van der Waals surface area contributed by atoms with Gasteiger partial charge in [-0.15, -0.1) is 0 Å². The highest BCUT2D eigenvalue weighted by atomic mass is 16.5. The molecule has 0 fully saturated rings. The molecule has 6 nitrogen and oxygen atoms in total. The molecule has 102 valence electrons. The Bertz CT molecular complexity index is 388. The van der Waals surface area contributed by atoms with Crippen molar-refractivity contribution in [1.82, 2.24) is 15.4 Å². The minimum atomic E-state index is -1.07. The number of carboxylic acid groups (broad SMARTS) is 1. The van der Waals surface area contributed by atoms with Crippen molar-refractivity contribution in [3.63, 3.8) is 0 Å². The summed E-state index contributed by atoms with van der Waals surface area (Å²) in [4.78, 5) is 12.8. The molecular formula is C12H21N3O3. The summed E-state index contributed by atoms with van der Waals surface area (Å²) in [5.41, 5.74) is -0.0551. The summed E-state index contributed by atoms with van der Waals surface area (Å²) in [6, 6.07) is 1.76. The molecule has 0 bridgehead atoms. The number of likely N-dealkylation sites (N-methyl/N-ethyl adjacent to an activating group) is 1. The molecule has 0 radical (unpaired) electrons. The van der Waals surface area contributed by atoms with Crippen LogP contribution in [-0.4, -0.2) is 47.8 Å². The molecule has 0 spiro atoms. The second-order valence-corrected chi connectivity index (χ2v) is 4.98. The number of aromatic nitrogens is 1. The van der Waals surface area contributed by atoms with Gasteiger partial charge in [0.15, 0.2) is 11.5 Å². The zero-order valence-corrected chi connectivity index (χ0v) is 11.3. The molecule has 0 aromatic carbocycles. The van der Waals surface area contributed by atoms with Gasteiger partial charge < -0.3 is 19.8 Å². The fourth-order valence-electron chi connectivity index (χ4n) is 1.63. The van der Waals surface area contributed by atoms with Crippen molar-refractivity contribution < 1.29 is 14.4 Å². The Balaban J connectivity index is 2.53. The van der Waals surface area contributed by atoms with E-state index in [0.717, 1.165) is 6.54 Å². The van der Waals surface area contributed by atoms with Crippen LogP contribution in [0.1, 0.15) is 30.1 Å². The number of aromatic carboxylic acids is 1. The molecule has 18 heavy (non-hydrogen) atoms. The molecule has 0 aliphatic carbocycles. The number of hydrogen-bond donors (Lipinski definition) is 2. The molecule has 6 heteroatoms. The van der Waals surface area contributed by atoms with Crippen LogP contribution in [0.2, 0.25) is 0 Å². The van der Waals surface area contributed by atoms with Crippen LogP contribution in [0, 0.1) is 5.92 Å². The van der Waals surface area contributed by atoms with E-state index in [9.17, 15) is 4.79 Å². The lowest BCUT2D eigenvalue weighted by molar-refractivity contribution is 0.0685. The van der Waals surface area contributed by atoms with E-state index in [1.54, 1.807) is 0 Å². The third-order valence-corrected chi connectivity index (χ3v) is 2.68. The van der Waals surface area contributed by atoms with Gasteiger partial charge >= 0.3 is 5.97 Å². The van der Waals surface area contributed by atoms with Crippen molar-refractivity contribution in [2.24, 2.45) is 5.92 Å². The molecule has 0 saturated carbocycles. The van der Waals surface area contributed by atoms with Crippen LogP contribution in [0.15, 0.2) is 10.6 Å². The average Bonchev–Trinajstić information content (AvgIpc) is 2.72. The highest BCUT2D eigenvalue weighted by Crippen LogP contribution is 2.07. The molecule has 1 rings (SSSR count). The van der Waals surface area contributed by atoms with Gasteiger partial charge in [-0.05, 0) is 20.0 Å². The second-order valence-electron chi connectivity index (χ2n) is 4.98. The van der Waals surface area contributed by atoms with Gasteiger partial charge in [0.25, 0.3) is 0 Å². The van der Waals surface area contributed by atoms with Gasteiger partial charge in [0, 0.05) is 18.7 Å². The number of carboxylic acids is 1. The lowest BCUT2D eigenvalue weighted by Gasteiger charge is -2.25. The van der Waals surface area contributed by atoms with E-state index in [-0.39, 0.29) is 5.69 Å². The first-order valence-electron chi connectivity index (χ1n) is 5.97. The number of hydrogen-bond acceptors (Lipinski definition) is 5. The highest BCUT2D eigenvalue weighted by Gasteiger charge is 2.16. The largest absolute Gasteiger partial charge is 0.476 e. The maximum absolute atomic E-state index is 10.7. The minimum absolute atomic E-state index is 0.0551. The number of rotatable bonds is 7. The number of carbonyl (C=O) groups is 1. The summed E-state index contributed by atoms with van der Waals surface area (Å²) in [7, 11) is 4.04. The lowest BCUT2D eigenvalue weighted by atomic mass is 10.0. The SMILES string of the molecule is CC(C)C(CN(C)C)NCc1cc(C(=O)O)no1. The third kappa shape index (κ3) is 4.46. The zero-order valence-electron chi connectivity index (χ0n) is 11.3. The summed E-state index contributed by atoms with van der Waals surface area (Å²) in [6.45, 7) is 5.68. The van der Waals surface area contributed by atoms with E-state index in [0.29, 0.717) is 24.3 Å². The van der Waals surface area contributed by atoms with E-state index in [1.165, 1.54) is 6.07 Å². The standard InChI is InChI=1S/C12H21N3O3/c1-8(2)11(7-15(3)4)13-6-9-5-10(12(16)17)14-18-9/h5,8,11,13H,6-7H2,1-4H3,(H,16,17). The topological polar surface area (TPSA) is 78.6 Å². The van der Waals surface area contributed by atoms with E-state index < -0.39 is 5.97 Å². The van der Waals surface area contributed by atoms with Gasteiger partial charge in [0.2, 0.25) is 0 Å². The third-order valence-electron chi connectivity index (χ3n) is 2.68. The van der Waals surface area contributed by atoms with Gasteiger partial charge in [-0.3, -0.25) is 0 Å². The molecule has 2 N–H and O–H groups in total. The summed E-state index contributed by atoms with van der Waals surface area (Å²) in [6.07, 6.45) is 0. The normalized spacial score (nSPS) is 13.2. The van der Waals surface area contributed by atoms with Crippen molar-refractivity contribution in [1.29, 1.82) is 0 Å². The molecular weight excluding hydrogens is 234 g/mol. The zero-order chi connectivity index (χ0) is 13.7. The molecule has 1 atom stereocenters. The molecule has 1 aromatic heterocycles. The van der Waals surface area contributed by atoms with Gasteiger partial charge in [-0.2, -0.15) is 0 Å². The quantitative estimate of drug-likeness (QED) is 0.758. The Morgan fingerprint density at radius 2 is 2.22 bits per heavy atom. The summed E-state index contributed by atoms with van der Waals surface area (Å²) >= 11 is 0. The Morgan fingerprint density at radius 3 is 2.67 bits per heavy atom. The fraction of sp³-hybridized carbons (Fsp3) is 0.667. The molecule has 0 saturated heterocycles. The lowest BCUT2D eigenvalue weighted by Crippen LogP contribution is -2.41. The summed E-state index contributed by atoms with van der Waals surface area (Å²) < 4.78 is 4.95. The Labute approximate surface area is 107 Å². The molecule has 0 aliphatic heterocycles. The van der Waals surface area contributed by atoms with Crippen LogP contribution < -0.4 is 5.32 Å². The first-order chi connectivity index (χ1) is 8.40. The molecule has 1 aromatic rings. The Hall–Kier alpha value is -1.40. The number of nitrogens with one attached hydrogen (secondary N) is 1. The fourth-order valence-corrected chi connectivity index (χ4v) is 1.63.